The predicted octanol–water partition coefficient (Wildman–Crippen LogP) is 3.52. The van der Waals surface area contributed by atoms with Gasteiger partial charge in [-0.2, -0.15) is 0 Å². The molecule has 0 aliphatic rings. The molecule has 2 aromatic rings. The summed E-state index contributed by atoms with van der Waals surface area (Å²) < 4.78 is 0. The molecule has 0 saturated heterocycles. The average Bonchev–Trinajstić information content (AvgIpc) is 2.32. The summed E-state index contributed by atoms with van der Waals surface area (Å²) in [6.07, 6.45) is 0. The fourth-order valence-corrected chi connectivity index (χ4v) is 2.47. The predicted molar refractivity (Wildman–Crippen MR) is 82.6 cm³/mol. The second-order valence-corrected chi connectivity index (χ2v) is 5.41. The number of aromatic nitrogens is 2. The number of halogens is 1. The molecule has 4 nitrogen and oxygen atoms in total. The third-order valence-corrected chi connectivity index (χ3v) is 3.52. The lowest BCUT2D eigenvalue weighted by molar-refractivity contribution is 0.814. The van der Waals surface area contributed by atoms with E-state index >= 15 is 0 Å². The van der Waals surface area contributed by atoms with E-state index in [2.05, 4.69) is 15.3 Å². The molecule has 0 saturated carbocycles. The van der Waals surface area contributed by atoms with Crippen molar-refractivity contribution < 1.29 is 0 Å². The fourth-order valence-electron chi connectivity index (χ4n) is 2.30. The number of H-pyrrole nitrogens is 1. The number of aromatic amines is 1. The zero-order valence-corrected chi connectivity index (χ0v) is 12.8. The molecule has 106 valence electrons. The third-order valence-electron chi connectivity index (χ3n) is 3.19. The molecule has 20 heavy (non-hydrogen) atoms. The van der Waals surface area contributed by atoms with Crippen LogP contribution in [0.15, 0.2) is 23.0 Å². The molecule has 1 unspecified atom stereocenters. The molecule has 1 atom stereocenters. The van der Waals surface area contributed by atoms with Gasteiger partial charge < -0.3 is 10.3 Å². The van der Waals surface area contributed by atoms with Gasteiger partial charge in [0.25, 0.3) is 5.56 Å². The van der Waals surface area contributed by atoms with Crippen LogP contribution in [0, 0.1) is 20.8 Å². The first kappa shape index (κ1) is 14.6. The molecule has 0 aliphatic heterocycles. The minimum Gasteiger partial charge on any atom is -0.377 e. The van der Waals surface area contributed by atoms with Gasteiger partial charge in [0.1, 0.15) is 5.82 Å². The fraction of sp³-hybridized carbons (Fsp3) is 0.333. The minimum atomic E-state index is -0.175. The molecule has 0 fully saturated rings. The maximum atomic E-state index is 12.1. The molecule has 2 rings (SSSR count). The summed E-state index contributed by atoms with van der Waals surface area (Å²) in [7, 11) is 0. The standard InChI is InChI=1S/C15H18ClN3O/c1-8-5-6-12(16)13(7-8)18-10(3)14-9(2)17-11(4)19-15(14)20/h5-7,10,18H,1-4H3,(H,17,19,20). The number of aryl methyl sites for hydroxylation is 3. The van der Waals surface area contributed by atoms with Crippen LogP contribution in [0.2, 0.25) is 5.02 Å². The van der Waals surface area contributed by atoms with E-state index in [4.69, 9.17) is 11.6 Å². The third kappa shape index (κ3) is 3.02. The van der Waals surface area contributed by atoms with E-state index in [9.17, 15) is 4.79 Å². The topological polar surface area (TPSA) is 57.8 Å². The summed E-state index contributed by atoms with van der Waals surface area (Å²) >= 11 is 6.17. The first-order valence-corrected chi connectivity index (χ1v) is 6.86. The largest absolute Gasteiger partial charge is 0.377 e. The van der Waals surface area contributed by atoms with Gasteiger partial charge in [-0.05, 0) is 45.4 Å². The Labute approximate surface area is 123 Å². The van der Waals surface area contributed by atoms with Gasteiger partial charge in [-0.15, -0.1) is 0 Å². The van der Waals surface area contributed by atoms with Crippen molar-refractivity contribution in [3.05, 3.63) is 56.2 Å². The molecule has 0 aliphatic carbocycles. The summed E-state index contributed by atoms with van der Waals surface area (Å²) in [4.78, 5) is 19.1. The smallest absolute Gasteiger partial charge is 0.256 e. The summed E-state index contributed by atoms with van der Waals surface area (Å²) in [6.45, 7) is 7.53. The Hall–Kier alpha value is -1.81. The summed E-state index contributed by atoms with van der Waals surface area (Å²) in [5.74, 6) is 0.622. The van der Waals surface area contributed by atoms with Crippen LogP contribution in [-0.2, 0) is 0 Å². The maximum Gasteiger partial charge on any atom is 0.256 e. The van der Waals surface area contributed by atoms with Crippen LogP contribution in [0.1, 0.15) is 35.6 Å². The molecule has 1 aromatic heterocycles. The van der Waals surface area contributed by atoms with Crippen molar-refractivity contribution in [3.8, 4) is 0 Å². The van der Waals surface area contributed by atoms with E-state index in [0.29, 0.717) is 16.4 Å². The van der Waals surface area contributed by atoms with Gasteiger partial charge in [-0.3, -0.25) is 4.79 Å². The second-order valence-electron chi connectivity index (χ2n) is 5.00. The SMILES string of the molecule is Cc1ccc(Cl)c(NC(C)c2c(C)nc(C)[nH]c2=O)c1. The molecular weight excluding hydrogens is 274 g/mol. The Morgan fingerprint density at radius 3 is 2.65 bits per heavy atom. The number of hydrogen-bond acceptors (Lipinski definition) is 3. The average molecular weight is 292 g/mol. The van der Waals surface area contributed by atoms with Gasteiger partial charge >= 0.3 is 0 Å². The van der Waals surface area contributed by atoms with E-state index in [1.165, 1.54) is 0 Å². The van der Waals surface area contributed by atoms with Crippen LogP contribution in [-0.4, -0.2) is 9.97 Å². The first-order valence-electron chi connectivity index (χ1n) is 6.48. The van der Waals surface area contributed by atoms with Crippen molar-refractivity contribution in [2.75, 3.05) is 5.32 Å². The van der Waals surface area contributed by atoms with Gasteiger partial charge in [-0.25, -0.2) is 4.98 Å². The highest BCUT2D eigenvalue weighted by Crippen LogP contribution is 2.26. The Morgan fingerprint density at radius 2 is 2.00 bits per heavy atom. The van der Waals surface area contributed by atoms with Crippen LogP contribution in [0.5, 0.6) is 0 Å². The number of nitrogens with zero attached hydrogens (tertiary/aromatic N) is 1. The molecule has 0 radical (unpaired) electrons. The van der Waals surface area contributed by atoms with E-state index in [1.54, 1.807) is 6.92 Å². The number of hydrogen-bond donors (Lipinski definition) is 2. The van der Waals surface area contributed by atoms with Crippen LogP contribution in [0.4, 0.5) is 5.69 Å². The van der Waals surface area contributed by atoms with Crippen molar-refractivity contribution in [3.63, 3.8) is 0 Å². The van der Waals surface area contributed by atoms with Gasteiger partial charge in [0.15, 0.2) is 0 Å². The minimum absolute atomic E-state index is 0.112. The zero-order valence-electron chi connectivity index (χ0n) is 12.0. The van der Waals surface area contributed by atoms with Crippen molar-refractivity contribution in [1.29, 1.82) is 0 Å². The quantitative estimate of drug-likeness (QED) is 0.909. The number of benzene rings is 1. The molecule has 0 bridgehead atoms. The number of nitrogens with one attached hydrogen (secondary N) is 2. The Balaban J connectivity index is 2.36. The molecule has 1 aromatic carbocycles. The highest BCUT2D eigenvalue weighted by atomic mass is 35.5. The van der Waals surface area contributed by atoms with Gasteiger partial charge in [0.2, 0.25) is 0 Å². The summed E-state index contributed by atoms with van der Waals surface area (Å²) in [5.41, 5.74) is 3.18. The van der Waals surface area contributed by atoms with Gasteiger partial charge in [-0.1, -0.05) is 17.7 Å². The number of anilines is 1. The zero-order chi connectivity index (χ0) is 14.9. The molecular formula is C15H18ClN3O. The number of rotatable bonds is 3. The van der Waals surface area contributed by atoms with E-state index < -0.39 is 0 Å². The Kier molecular flexibility index (Phi) is 4.14. The van der Waals surface area contributed by atoms with Crippen LogP contribution >= 0.6 is 11.6 Å². The molecule has 1 heterocycles. The van der Waals surface area contributed by atoms with Crippen molar-refractivity contribution in [2.24, 2.45) is 0 Å². The van der Waals surface area contributed by atoms with Crippen LogP contribution < -0.4 is 10.9 Å². The normalized spacial score (nSPS) is 12.2. The maximum absolute atomic E-state index is 12.1. The van der Waals surface area contributed by atoms with Crippen molar-refractivity contribution >= 4 is 17.3 Å². The Morgan fingerprint density at radius 1 is 1.30 bits per heavy atom. The van der Waals surface area contributed by atoms with Crippen LogP contribution in [0.25, 0.3) is 0 Å². The lowest BCUT2D eigenvalue weighted by atomic mass is 10.1. The van der Waals surface area contributed by atoms with Crippen molar-refractivity contribution in [2.45, 2.75) is 33.7 Å². The monoisotopic (exact) mass is 291 g/mol. The van der Waals surface area contributed by atoms with Gasteiger partial charge in [0, 0.05) is 0 Å². The van der Waals surface area contributed by atoms with E-state index in [0.717, 1.165) is 16.9 Å². The first-order chi connectivity index (χ1) is 9.38. The highest BCUT2D eigenvalue weighted by molar-refractivity contribution is 6.33. The lowest BCUT2D eigenvalue weighted by Crippen LogP contribution is -2.23. The molecule has 0 amide bonds. The molecule has 2 N–H and O–H groups in total. The molecule has 5 heteroatoms. The molecule has 0 spiro atoms. The summed E-state index contributed by atoms with van der Waals surface area (Å²) in [5, 5.41) is 3.91. The Bertz CT molecular complexity index is 694. The van der Waals surface area contributed by atoms with Crippen LogP contribution in [0.3, 0.4) is 0 Å². The van der Waals surface area contributed by atoms with E-state index in [-0.39, 0.29) is 11.6 Å². The highest BCUT2D eigenvalue weighted by Gasteiger charge is 2.15. The van der Waals surface area contributed by atoms with Gasteiger partial charge in [0.05, 0.1) is 28.0 Å². The lowest BCUT2D eigenvalue weighted by Gasteiger charge is -2.18. The summed E-state index contributed by atoms with van der Waals surface area (Å²) in [6, 6.07) is 5.58. The van der Waals surface area contributed by atoms with E-state index in [1.807, 2.05) is 39.0 Å². The second kappa shape index (κ2) is 5.67. The van der Waals surface area contributed by atoms with Crippen molar-refractivity contribution in [1.82, 2.24) is 9.97 Å².